The Balaban J connectivity index is 2.74. The normalized spacial score (nSPS) is 28.1. The van der Waals surface area contributed by atoms with E-state index in [1.165, 1.54) is 4.31 Å². The molecule has 0 aromatic heterocycles. The molecule has 7 heteroatoms. The maximum Gasteiger partial charge on any atom is 0.308 e. The lowest BCUT2D eigenvalue weighted by atomic mass is 9.99. The van der Waals surface area contributed by atoms with E-state index < -0.39 is 22.1 Å². The quantitative estimate of drug-likeness (QED) is 0.688. The fourth-order valence-electron chi connectivity index (χ4n) is 1.71. The summed E-state index contributed by atoms with van der Waals surface area (Å²) in [6.45, 7) is 4.08. The summed E-state index contributed by atoms with van der Waals surface area (Å²) in [6, 6.07) is 0. The highest BCUT2D eigenvalue weighted by atomic mass is 32.2. The van der Waals surface area contributed by atoms with Crippen molar-refractivity contribution in [3.8, 4) is 0 Å². The Morgan fingerprint density at radius 2 is 2.13 bits per heavy atom. The number of rotatable bonds is 4. The maximum atomic E-state index is 11.6. The maximum absolute atomic E-state index is 11.6. The summed E-state index contributed by atoms with van der Waals surface area (Å²) >= 11 is 0. The molecule has 0 unspecified atom stereocenters. The summed E-state index contributed by atoms with van der Waals surface area (Å²) in [6.07, 6.45) is 0. The van der Waals surface area contributed by atoms with Crippen molar-refractivity contribution in [1.82, 2.24) is 9.03 Å². The van der Waals surface area contributed by atoms with Gasteiger partial charge in [0.15, 0.2) is 0 Å². The molecule has 0 bridgehead atoms. The summed E-state index contributed by atoms with van der Waals surface area (Å²) in [4.78, 5) is 10.8. The zero-order valence-electron chi connectivity index (χ0n) is 8.80. The minimum Gasteiger partial charge on any atom is -0.481 e. The smallest absolute Gasteiger partial charge is 0.308 e. The number of hydrogen-bond donors (Lipinski definition) is 2. The number of carbonyl (C=O) groups is 1. The third-order valence-corrected chi connectivity index (χ3v) is 4.19. The molecule has 1 aliphatic rings. The van der Waals surface area contributed by atoms with E-state index in [0.717, 1.165) is 0 Å². The fraction of sp³-hybridized carbons (Fsp3) is 0.875. The van der Waals surface area contributed by atoms with E-state index in [4.69, 9.17) is 5.11 Å². The second kappa shape index (κ2) is 4.46. The van der Waals surface area contributed by atoms with Crippen molar-refractivity contribution in [2.75, 3.05) is 19.6 Å². The third-order valence-electron chi connectivity index (χ3n) is 2.56. The number of hydrogen-bond acceptors (Lipinski definition) is 3. The standard InChI is InChI=1S/C8H16N2O4S/c1-3-9-15(13,14)10-4-6(2)7(5-10)8(11)12/h6-7,9H,3-5H2,1-2H3,(H,11,12)/t6-,7-/m1/s1. The van der Waals surface area contributed by atoms with Crippen LogP contribution in [0.1, 0.15) is 13.8 Å². The van der Waals surface area contributed by atoms with Crippen LogP contribution in [0.4, 0.5) is 0 Å². The molecule has 0 aliphatic carbocycles. The first-order valence-corrected chi connectivity index (χ1v) is 6.30. The molecule has 88 valence electrons. The SMILES string of the molecule is CCNS(=O)(=O)N1C[C@@H](C)[C@H](C(=O)O)C1. The molecule has 0 amide bonds. The first-order valence-electron chi connectivity index (χ1n) is 4.86. The van der Waals surface area contributed by atoms with Crippen molar-refractivity contribution in [3.63, 3.8) is 0 Å². The zero-order chi connectivity index (χ0) is 11.6. The van der Waals surface area contributed by atoms with Crippen molar-refractivity contribution in [2.45, 2.75) is 13.8 Å². The summed E-state index contributed by atoms with van der Waals surface area (Å²) in [5, 5.41) is 8.86. The number of nitrogens with zero attached hydrogens (tertiary/aromatic N) is 1. The van der Waals surface area contributed by atoms with E-state index in [2.05, 4.69) is 4.72 Å². The first kappa shape index (κ1) is 12.4. The van der Waals surface area contributed by atoms with Crippen molar-refractivity contribution in [2.24, 2.45) is 11.8 Å². The van der Waals surface area contributed by atoms with Gasteiger partial charge in [-0.1, -0.05) is 13.8 Å². The van der Waals surface area contributed by atoms with E-state index in [1.54, 1.807) is 13.8 Å². The second-order valence-corrected chi connectivity index (χ2v) is 5.50. The zero-order valence-corrected chi connectivity index (χ0v) is 9.62. The van der Waals surface area contributed by atoms with Gasteiger partial charge in [0, 0.05) is 19.6 Å². The van der Waals surface area contributed by atoms with Gasteiger partial charge in [0.1, 0.15) is 0 Å². The predicted octanol–water partition coefficient (Wildman–Crippen LogP) is -0.507. The summed E-state index contributed by atoms with van der Waals surface area (Å²) < 4.78 is 26.7. The van der Waals surface area contributed by atoms with Crippen molar-refractivity contribution >= 4 is 16.2 Å². The molecule has 0 aromatic rings. The van der Waals surface area contributed by atoms with Gasteiger partial charge in [-0.25, -0.2) is 4.72 Å². The minimum absolute atomic E-state index is 0.0613. The Hall–Kier alpha value is -0.660. The van der Waals surface area contributed by atoms with Gasteiger partial charge >= 0.3 is 5.97 Å². The van der Waals surface area contributed by atoms with Gasteiger partial charge in [-0.15, -0.1) is 0 Å². The van der Waals surface area contributed by atoms with Crippen LogP contribution in [0.5, 0.6) is 0 Å². The number of carboxylic acids is 1. The average molecular weight is 236 g/mol. The van der Waals surface area contributed by atoms with Gasteiger partial charge in [-0.05, 0) is 5.92 Å². The number of carboxylic acid groups (broad SMARTS) is 1. The van der Waals surface area contributed by atoms with Crippen LogP contribution in [-0.2, 0) is 15.0 Å². The van der Waals surface area contributed by atoms with Crippen molar-refractivity contribution < 1.29 is 18.3 Å². The molecular formula is C8H16N2O4S. The lowest BCUT2D eigenvalue weighted by Crippen LogP contribution is -2.39. The molecule has 6 nitrogen and oxygen atoms in total. The van der Waals surface area contributed by atoms with E-state index in [0.29, 0.717) is 6.54 Å². The van der Waals surface area contributed by atoms with Crippen molar-refractivity contribution in [1.29, 1.82) is 0 Å². The van der Waals surface area contributed by atoms with Crippen LogP contribution >= 0.6 is 0 Å². The topological polar surface area (TPSA) is 86.7 Å². The molecule has 0 saturated carbocycles. The minimum atomic E-state index is -3.49. The number of aliphatic carboxylic acids is 1. The molecule has 0 spiro atoms. The summed E-state index contributed by atoms with van der Waals surface area (Å²) in [5.74, 6) is -1.67. The van der Waals surface area contributed by atoms with Crippen LogP contribution in [0.3, 0.4) is 0 Å². The van der Waals surface area contributed by atoms with E-state index in [-0.39, 0.29) is 19.0 Å². The van der Waals surface area contributed by atoms with Gasteiger partial charge in [-0.2, -0.15) is 12.7 Å². The van der Waals surface area contributed by atoms with E-state index >= 15 is 0 Å². The summed E-state index contributed by atoms with van der Waals surface area (Å²) in [5.41, 5.74) is 0. The first-order chi connectivity index (χ1) is 6.88. The van der Waals surface area contributed by atoms with Gasteiger partial charge in [0.25, 0.3) is 10.2 Å². The Morgan fingerprint density at radius 1 is 1.53 bits per heavy atom. The molecule has 2 atom stereocenters. The fourth-order valence-corrected chi connectivity index (χ4v) is 3.05. The average Bonchev–Trinajstić information content (AvgIpc) is 2.47. The summed E-state index contributed by atoms with van der Waals surface area (Å²) in [7, 11) is -3.49. The van der Waals surface area contributed by atoms with Gasteiger partial charge in [-0.3, -0.25) is 4.79 Å². The van der Waals surface area contributed by atoms with Crippen LogP contribution in [0.2, 0.25) is 0 Å². The van der Waals surface area contributed by atoms with Gasteiger partial charge in [0.05, 0.1) is 5.92 Å². The van der Waals surface area contributed by atoms with Crippen molar-refractivity contribution in [3.05, 3.63) is 0 Å². The van der Waals surface area contributed by atoms with E-state index in [9.17, 15) is 13.2 Å². The Bertz CT molecular complexity index is 341. The highest BCUT2D eigenvalue weighted by Crippen LogP contribution is 2.24. The molecule has 1 aliphatic heterocycles. The van der Waals surface area contributed by atoms with E-state index in [1.807, 2.05) is 0 Å². The molecule has 2 N–H and O–H groups in total. The lowest BCUT2D eigenvalue weighted by molar-refractivity contribution is -0.142. The molecule has 0 aromatic carbocycles. The molecule has 1 rings (SSSR count). The van der Waals surface area contributed by atoms with Gasteiger partial charge < -0.3 is 5.11 Å². The monoisotopic (exact) mass is 236 g/mol. The highest BCUT2D eigenvalue weighted by molar-refractivity contribution is 7.87. The highest BCUT2D eigenvalue weighted by Gasteiger charge is 2.39. The largest absolute Gasteiger partial charge is 0.481 e. The Labute approximate surface area is 89.4 Å². The van der Waals surface area contributed by atoms with Crippen LogP contribution in [0, 0.1) is 11.8 Å². The predicted molar refractivity (Wildman–Crippen MR) is 54.5 cm³/mol. The second-order valence-electron chi connectivity index (χ2n) is 3.74. The van der Waals surface area contributed by atoms with Crippen LogP contribution in [0.25, 0.3) is 0 Å². The Kier molecular flexibility index (Phi) is 3.69. The molecule has 1 fully saturated rings. The number of nitrogens with one attached hydrogen (secondary N) is 1. The van der Waals surface area contributed by atoms with Crippen LogP contribution in [0.15, 0.2) is 0 Å². The molecule has 1 heterocycles. The van der Waals surface area contributed by atoms with Crippen LogP contribution < -0.4 is 4.72 Å². The molecule has 15 heavy (non-hydrogen) atoms. The van der Waals surface area contributed by atoms with Gasteiger partial charge in [0.2, 0.25) is 0 Å². The third kappa shape index (κ3) is 2.67. The van der Waals surface area contributed by atoms with Crippen LogP contribution in [-0.4, -0.2) is 43.4 Å². The molecular weight excluding hydrogens is 220 g/mol. The molecule has 0 radical (unpaired) electrons. The Morgan fingerprint density at radius 3 is 2.53 bits per heavy atom. The lowest BCUT2D eigenvalue weighted by Gasteiger charge is -2.15. The molecule has 1 saturated heterocycles.